The van der Waals surface area contributed by atoms with Crippen molar-refractivity contribution in [3.63, 3.8) is 0 Å². The van der Waals surface area contributed by atoms with Crippen LogP contribution in [0.25, 0.3) is 11.0 Å². The summed E-state index contributed by atoms with van der Waals surface area (Å²) >= 11 is 1.25. The molecule has 1 aliphatic rings. The Labute approximate surface area is 196 Å². The molecule has 8 nitrogen and oxygen atoms in total. The number of carbonyl (C=O) groups is 2. The summed E-state index contributed by atoms with van der Waals surface area (Å²) in [5.41, 5.74) is 3.67. The number of furan rings is 1. The third-order valence-corrected chi connectivity index (χ3v) is 6.45. The lowest BCUT2D eigenvalue weighted by Crippen LogP contribution is -2.41. The number of fused-ring (bicyclic) bond motifs is 2. The average Bonchev–Trinajstić information content (AvgIpc) is 3.48. The summed E-state index contributed by atoms with van der Waals surface area (Å²) in [5.74, 6) is -0.164. The number of benzene rings is 1. The number of aryl methyl sites for hydroxylation is 2. The van der Waals surface area contributed by atoms with Crippen molar-refractivity contribution < 1.29 is 23.8 Å². The molecule has 1 aliphatic carbocycles. The van der Waals surface area contributed by atoms with Gasteiger partial charge in [0.25, 0.3) is 0 Å². The first-order valence-electron chi connectivity index (χ1n) is 11.1. The lowest BCUT2D eigenvalue weighted by atomic mass is 10.0. The van der Waals surface area contributed by atoms with Crippen LogP contribution >= 0.6 is 11.3 Å². The molecule has 0 unspecified atom stereocenters. The monoisotopic (exact) mass is 471 g/mol. The molecule has 0 spiro atoms. The van der Waals surface area contributed by atoms with Gasteiger partial charge in [-0.25, -0.2) is 9.78 Å². The van der Waals surface area contributed by atoms with Crippen molar-refractivity contribution in [3.8, 4) is 0 Å². The van der Waals surface area contributed by atoms with E-state index in [1.165, 1.54) is 27.4 Å². The van der Waals surface area contributed by atoms with E-state index < -0.39 is 11.7 Å². The van der Waals surface area contributed by atoms with Gasteiger partial charge in [-0.2, -0.15) is 0 Å². The highest BCUT2D eigenvalue weighted by molar-refractivity contribution is 7.15. The average molecular weight is 472 g/mol. The molecule has 2 amide bonds. The fourth-order valence-corrected chi connectivity index (χ4v) is 4.76. The number of thiazole rings is 1. The minimum Gasteiger partial charge on any atom is -0.464 e. The molecule has 3 aromatic rings. The Hall–Kier alpha value is -2.91. The van der Waals surface area contributed by atoms with Gasteiger partial charge in [-0.3, -0.25) is 9.69 Å². The molecule has 4 rings (SSSR count). The molecule has 1 aromatic carbocycles. The number of aliphatic hydroxyl groups excluding tert-OH is 1. The van der Waals surface area contributed by atoms with Crippen molar-refractivity contribution in [1.29, 1.82) is 0 Å². The van der Waals surface area contributed by atoms with E-state index in [4.69, 9.17) is 9.15 Å². The number of nitrogens with zero attached hydrogens (tertiary/aromatic N) is 2. The van der Waals surface area contributed by atoms with Crippen LogP contribution in [0.15, 0.2) is 29.0 Å². The fraction of sp³-hybridized carbons (Fsp3) is 0.458. The molecule has 176 valence electrons. The smallest absolute Gasteiger partial charge is 0.407 e. The zero-order valence-electron chi connectivity index (χ0n) is 19.1. The molecule has 2 heterocycles. The highest BCUT2D eigenvalue weighted by Gasteiger charge is 2.23. The Morgan fingerprint density at radius 2 is 2.03 bits per heavy atom. The summed E-state index contributed by atoms with van der Waals surface area (Å²) in [7, 11) is 0. The van der Waals surface area contributed by atoms with Crippen LogP contribution in [0.1, 0.15) is 48.8 Å². The van der Waals surface area contributed by atoms with E-state index >= 15 is 0 Å². The van der Waals surface area contributed by atoms with E-state index in [0.29, 0.717) is 10.0 Å². The Balaban J connectivity index is 1.49. The van der Waals surface area contributed by atoms with Gasteiger partial charge in [-0.1, -0.05) is 11.3 Å². The van der Waals surface area contributed by atoms with Crippen LogP contribution in [0.3, 0.4) is 0 Å². The zero-order valence-corrected chi connectivity index (χ0v) is 20.0. The standard InChI is InChI=1S/C24H29N3O5S/c1-24(2,3)32-23(30)25-7-8-27(22-26-12-18(13-28)33-22)21(29)11-17-14-31-20-10-16-6-4-5-15(16)9-19(17)20/h9-10,12,14,28H,4-8,11,13H2,1-3H3,(H,25,30). The third kappa shape index (κ3) is 5.54. The van der Waals surface area contributed by atoms with Gasteiger partial charge in [0, 0.05) is 30.2 Å². The lowest BCUT2D eigenvalue weighted by Gasteiger charge is -2.22. The summed E-state index contributed by atoms with van der Waals surface area (Å²) in [6, 6.07) is 4.23. The number of rotatable bonds is 7. The minimum absolute atomic E-state index is 0.145. The number of amides is 2. The molecule has 0 aliphatic heterocycles. The molecule has 0 saturated heterocycles. The van der Waals surface area contributed by atoms with Gasteiger partial charge < -0.3 is 19.6 Å². The third-order valence-electron chi connectivity index (χ3n) is 5.44. The van der Waals surface area contributed by atoms with E-state index in [0.717, 1.165) is 35.8 Å². The topological polar surface area (TPSA) is 105 Å². The Kier molecular flexibility index (Phi) is 6.71. The lowest BCUT2D eigenvalue weighted by molar-refractivity contribution is -0.118. The molecular formula is C24H29N3O5S. The largest absolute Gasteiger partial charge is 0.464 e. The number of ether oxygens (including phenoxy) is 1. The fourth-order valence-electron chi connectivity index (χ4n) is 3.95. The summed E-state index contributed by atoms with van der Waals surface area (Å²) in [6.45, 7) is 5.65. The van der Waals surface area contributed by atoms with Crippen molar-refractivity contribution in [2.75, 3.05) is 18.0 Å². The maximum absolute atomic E-state index is 13.3. The van der Waals surface area contributed by atoms with Crippen molar-refractivity contribution in [2.24, 2.45) is 0 Å². The van der Waals surface area contributed by atoms with Crippen LogP contribution in [0.5, 0.6) is 0 Å². The van der Waals surface area contributed by atoms with Crippen LogP contribution in [0, 0.1) is 0 Å². The highest BCUT2D eigenvalue weighted by atomic mass is 32.1. The SMILES string of the molecule is CC(C)(C)OC(=O)NCCN(C(=O)Cc1coc2cc3c(cc12)CCC3)c1ncc(CO)s1. The van der Waals surface area contributed by atoms with Gasteiger partial charge in [-0.05, 0) is 63.3 Å². The molecule has 2 aromatic heterocycles. The molecular weight excluding hydrogens is 442 g/mol. The van der Waals surface area contributed by atoms with Crippen LogP contribution in [-0.2, 0) is 35.4 Å². The van der Waals surface area contributed by atoms with Crippen molar-refractivity contribution in [2.45, 2.75) is 58.7 Å². The van der Waals surface area contributed by atoms with Gasteiger partial charge in [0.15, 0.2) is 5.13 Å². The molecule has 33 heavy (non-hydrogen) atoms. The van der Waals surface area contributed by atoms with Gasteiger partial charge in [0.2, 0.25) is 5.91 Å². The number of hydrogen-bond acceptors (Lipinski definition) is 7. The van der Waals surface area contributed by atoms with Crippen molar-refractivity contribution >= 4 is 39.4 Å². The van der Waals surface area contributed by atoms with Crippen molar-refractivity contribution in [1.82, 2.24) is 10.3 Å². The van der Waals surface area contributed by atoms with Crippen LogP contribution in [-0.4, -0.2) is 40.8 Å². The Bertz CT molecular complexity index is 1160. The first-order chi connectivity index (χ1) is 15.7. The number of alkyl carbamates (subject to hydrolysis) is 1. The first-order valence-corrected chi connectivity index (χ1v) is 11.9. The van der Waals surface area contributed by atoms with Crippen molar-refractivity contribution in [3.05, 3.63) is 46.2 Å². The molecule has 0 saturated carbocycles. The number of carbonyl (C=O) groups excluding carboxylic acids is 2. The molecule has 0 radical (unpaired) electrons. The van der Waals surface area contributed by atoms with E-state index in [-0.39, 0.29) is 32.0 Å². The zero-order chi connectivity index (χ0) is 23.6. The van der Waals surface area contributed by atoms with Gasteiger partial charge in [-0.15, -0.1) is 0 Å². The number of nitrogens with one attached hydrogen (secondary N) is 1. The van der Waals surface area contributed by atoms with E-state index in [1.807, 2.05) is 0 Å². The second kappa shape index (κ2) is 9.52. The molecule has 0 fully saturated rings. The van der Waals surface area contributed by atoms with Gasteiger partial charge in [0.1, 0.15) is 11.2 Å². The quantitative estimate of drug-likeness (QED) is 0.540. The summed E-state index contributed by atoms with van der Waals surface area (Å²) in [5, 5.41) is 13.5. The molecule has 9 heteroatoms. The summed E-state index contributed by atoms with van der Waals surface area (Å²) in [4.78, 5) is 31.8. The van der Waals surface area contributed by atoms with Gasteiger partial charge in [0.05, 0.1) is 24.2 Å². The van der Waals surface area contributed by atoms with Crippen LogP contribution in [0.2, 0.25) is 0 Å². The first kappa shape index (κ1) is 23.3. The Morgan fingerprint density at radius 1 is 1.27 bits per heavy atom. The summed E-state index contributed by atoms with van der Waals surface area (Å²) in [6.07, 6.45) is 6.07. The maximum atomic E-state index is 13.3. The van der Waals surface area contributed by atoms with E-state index in [2.05, 4.69) is 22.4 Å². The molecule has 0 atom stereocenters. The number of anilines is 1. The maximum Gasteiger partial charge on any atom is 0.407 e. The highest BCUT2D eigenvalue weighted by Crippen LogP contribution is 2.31. The Morgan fingerprint density at radius 3 is 2.73 bits per heavy atom. The minimum atomic E-state index is -0.604. The van der Waals surface area contributed by atoms with Crippen LogP contribution in [0.4, 0.5) is 9.93 Å². The number of hydrogen-bond donors (Lipinski definition) is 2. The van der Waals surface area contributed by atoms with Gasteiger partial charge >= 0.3 is 6.09 Å². The predicted molar refractivity (Wildman–Crippen MR) is 127 cm³/mol. The number of aliphatic hydroxyl groups is 1. The summed E-state index contributed by atoms with van der Waals surface area (Å²) < 4.78 is 11.0. The molecule has 0 bridgehead atoms. The van der Waals surface area contributed by atoms with E-state index in [1.54, 1.807) is 33.2 Å². The van der Waals surface area contributed by atoms with E-state index in [9.17, 15) is 14.7 Å². The predicted octanol–water partition coefficient (Wildman–Crippen LogP) is 3.97. The molecule has 2 N–H and O–H groups in total. The number of aromatic nitrogens is 1. The second-order valence-electron chi connectivity index (χ2n) is 9.15. The normalized spacial score (nSPS) is 13.2. The second-order valence-corrected chi connectivity index (χ2v) is 10.2. The van der Waals surface area contributed by atoms with Crippen LogP contribution < -0.4 is 10.2 Å².